The lowest BCUT2D eigenvalue weighted by molar-refractivity contribution is 0.144. The summed E-state index contributed by atoms with van der Waals surface area (Å²) in [6.07, 6.45) is -2.14. The first-order valence-electron chi connectivity index (χ1n) is 1.55. The molecule has 0 aromatic heterocycles. The van der Waals surface area contributed by atoms with Gasteiger partial charge in [0.2, 0.25) is 6.43 Å². The molecule has 0 aromatic rings. The number of hydrogen-bond acceptors (Lipinski definition) is 0. The van der Waals surface area contributed by atoms with Gasteiger partial charge in [-0.05, 0) is 0 Å². The van der Waals surface area contributed by atoms with Crippen LogP contribution in [-0.4, -0.2) is 23.8 Å². The Labute approximate surface area is 46.7 Å². The standard InChI is InChI=1S/C3H6F2.Al.3H/c1-2-3(4)5;;;;/h3H,2H2,1H3;;;;. The predicted octanol–water partition coefficient (Wildman–Crippen LogP) is 0.478. The monoisotopic (exact) mass is 110 g/mol. The van der Waals surface area contributed by atoms with Crippen molar-refractivity contribution in [3.05, 3.63) is 0 Å². The second kappa shape index (κ2) is 5.39. The van der Waals surface area contributed by atoms with Crippen LogP contribution in [0, 0.1) is 0 Å². The van der Waals surface area contributed by atoms with Gasteiger partial charge in [-0.2, -0.15) is 0 Å². The quantitative estimate of drug-likeness (QED) is 0.430. The highest BCUT2D eigenvalue weighted by atomic mass is 27.0. The minimum absolute atomic E-state index is 0. The number of alkyl halides is 2. The van der Waals surface area contributed by atoms with Crippen molar-refractivity contribution in [2.24, 2.45) is 0 Å². The molecule has 0 N–H and O–H groups in total. The van der Waals surface area contributed by atoms with Crippen LogP contribution in [0.4, 0.5) is 8.78 Å². The Hall–Kier alpha value is 0.392. The molecule has 0 nitrogen and oxygen atoms in total. The van der Waals surface area contributed by atoms with Crippen molar-refractivity contribution in [2.75, 3.05) is 0 Å². The van der Waals surface area contributed by atoms with Crippen LogP contribution < -0.4 is 0 Å². The number of rotatable bonds is 1. The summed E-state index contributed by atoms with van der Waals surface area (Å²) in [6, 6.07) is 0. The van der Waals surface area contributed by atoms with Gasteiger partial charge in [-0.25, -0.2) is 8.78 Å². The Kier molecular flexibility index (Phi) is 8.66. The van der Waals surface area contributed by atoms with Crippen LogP contribution in [0.25, 0.3) is 0 Å². The zero-order chi connectivity index (χ0) is 4.28. The van der Waals surface area contributed by atoms with Gasteiger partial charge in [0, 0.05) is 6.42 Å². The SMILES string of the molecule is CCC(F)F.[AlH3]. The van der Waals surface area contributed by atoms with Crippen LogP contribution in [0.5, 0.6) is 0 Å². The molecule has 0 aromatic carbocycles. The summed E-state index contributed by atoms with van der Waals surface area (Å²) < 4.78 is 21.5. The Bertz CT molecular complexity index is 22.8. The lowest BCUT2D eigenvalue weighted by Gasteiger charge is -1.81. The highest BCUT2D eigenvalue weighted by molar-refractivity contribution is 5.75. The first kappa shape index (κ1) is 9.63. The molecule has 38 valence electrons. The maximum atomic E-state index is 10.8. The average Bonchev–Trinajstić information content (AvgIpc) is 1.38. The van der Waals surface area contributed by atoms with Crippen molar-refractivity contribution in [3.63, 3.8) is 0 Å². The molecule has 0 aliphatic carbocycles. The van der Waals surface area contributed by atoms with E-state index in [1.807, 2.05) is 0 Å². The fourth-order valence-corrected chi connectivity index (χ4v) is 0. The summed E-state index contributed by atoms with van der Waals surface area (Å²) in [5.74, 6) is 0. The van der Waals surface area contributed by atoms with Gasteiger partial charge in [0.1, 0.15) is 0 Å². The van der Waals surface area contributed by atoms with E-state index in [-0.39, 0.29) is 23.8 Å². The smallest absolute Gasteiger partial charge is 0.211 e. The molecular weight excluding hydrogens is 101 g/mol. The maximum absolute atomic E-state index is 10.8. The lowest BCUT2D eigenvalue weighted by atomic mass is 10.5. The summed E-state index contributed by atoms with van der Waals surface area (Å²) in [6.45, 7) is 1.45. The van der Waals surface area contributed by atoms with Crippen LogP contribution in [0.15, 0.2) is 0 Å². The van der Waals surface area contributed by atoms with E-state index in [0.29, 0.717) is 0 Å². The maximum Gasteiger partial charge on any atom is 0.238 e. The van der Waals surface area contributed by atoms with Gasteiger partial charge in [0.05, 0.1) is 0 Å². The van der Waals surface area contributed by atoms with E-state index in [9.17, 15) is 8.78 Å². The Morgan fingerprint density at radius 1 is 1.50 bits per heavy atom. The van der Waals surface area contributed by atoms with E-state index in [0.717, 1.165) is 0 Å². The summed E-state index contributed by atoms with van der Waals surface area (Å²) in [5.41, 5.74) is 0. The molecule has 0 amide bonds. The van der Waals surface area contributed by atoms with E-state index in [1.54, 1.807) is 0 Å². The molecule has 0 spiro atoms. The van der Waals surface area contributed by atoms with E-state index in [1.165, 1.54) is 6.92 Å². The normalized spacial score (nSPS) is 8.00. The molecule has 0 unspecified atom stereocenters. The first-order valence-corrected chi connectivity index (χ1v) is 1.55. The minimum atomic E-state index is -2.12. The fraction of sp³-hybridized carbons (Fsp3) is 1.00. The van der Waals surface area contributed by atoms with Gasteiger partial charge < -0.3 is 0 Å². The fourth-order valence-electron chi connectivity index (χ4n) is 0. The van der Waals surface area contributed by atoms with Gasteiger partial charge in [0.25, 0.3) is 0 Å². The van der Waals surface area contributed by atoms with E-state index in [4.69, 9.17) is 0 Å². The van der Waals surface area contributed by atoms with E-state index >= 15 is 0 Å². The molecule has 0 heterocycles. The van der Waals surface area contributed by atoms with Gasteiger partial charge >= 0.3 is 0 Å². The van der Waals surface area contributed by atoms with Gasteiger partial charge in [-0.3, -0.25) is 0 Å². The first-order chi connectivity index (χ1) is 2.27. The largest absolute Gasteiger partial charge is 0.238 e. The van der Waals surface area contributed by atoms with Crippen molar-refractivity contribution in [1.82, 2.24) is 0 Å². The summed E-state index contributed by atoms with van der Waals surface area (Å²) in [5, 5.41) is 0. The van der Waals surface area contributed by atoms with Crippen LogP contribution in [0.1, 0.15) is 13.3 Å². The van der Waals surface area contributed by atoms with Gasteiger partial charge in [-0.1, -0.05) is 6.92 Å². The van der Waals surface area contributed by atoms with E-state index in [2.05, 4.69) is 0 Å². The van der Waals surface area contributed by atoms with Crippen molar-refractivity contribution in [1.29, 1.82) is 0 Å². The highest BCUT2D eigenvalue weighted by Gasteiger charge is 1.91. The molecule has 0 radical (unpaired) electrons. The molecule has 0 aliphatic rings. The van der Waals surface area contributed by atoms with Crippen molar-refractivity contribution >= 4 is 17.4 Å². The zero-order valence-electron chi connectivity index (χ0n) is 3.04. The van der Waals surface area contributed by atoms with E-state index < -0.39 is 6.43 Å². The lowest BCUT2D eigenvalue weighted by Crippen LogP contribution is -1.80. The zero-order valence-corrected chi connectivity index (χ0v) is 3.04. The topological polar surface area (TPSA) is 0 Å². The van der Waals surface area contributed by atoms with Crippen molar-refractivity contribution in [3.8, 4) is 0 Å². The Morgan fingerprint density at radius 3 is 1.67 bits per heavy atom. The van der Waals surface area contributed by atoms with Crippen molar-refractivity contribution in [2.45, 2.75) is 19.8 Å². The van der Waals surface area contributed by atoms with Crippen LogP contribution in [0.3, 0.4) is 0 Å². The molecular formula is C3H9AlF2. The van der Waals surface area contributed by atoms with Crippen molar-refractivity contribution < 1.29 is 8.78 Å². The molecule has 0 saturated heterocycles. The summed E-state index contributed by atoms with van der Waals surface area (Å²) in [4.78, 5) is 0. The Balaban J connectivity index is 0. The van der Waals surface area contributed by atoms with Gasteiger partial charge in [0.15, 0.2) is 17.4 Å². The van der Waals surface area contributed by atoms with Gasteiger partial charge in [-0.15, -0.1) is 0 Å². The second-order valence-electron chi connectivity index (χ2n) is 0.799. The molecule has 0 atom stereocenters. The molecule has 0 rings (SSSR count). The third kappa shape index (κ3) is 8.83. The number of halogens is 2. The molecule has 0 saturated carbocycles. The van der Waals surface area contributed by atoms with Crippen LogP contribution >= 0.6 is 0 Å². The Morgan fingerprint density at radius 2 is 1.67 bits per heavy atom. The van der Waals surface area contributed by atoms with Crippen LogP contribution in [-0.2, 0) is 0 Å². The minimum Gasteiger partial charge on any atom is -0.211 e. The highest BCUT2D eigenvalue weighted by Crippen LogP contribution is 1.93. The molecule has 0 aliphatic heterocycles. The predicted molar refractivity (Wildman–Crippen MR) is 26.2 cm³/mol. The number of hydrogen-bond donors (Lipinski definition) is 0. The second-order valence-corrected chi connectivity index (χ2v) is 0.799. The summed E-state index contributed by atoms with van der Waals surface area (Å²) >= 11 is 0. The molecule has 0 fully saturated rings. The molecule has 0 bridgehead atoms. The third-order valence-electron chi connectivity index (χ3n) is 0.309. The van der Waals surface area contributed by atoms with Crippen LogP contribution in [0.2, 0.25) is 0 Å². The summed E-state index contributed by atoms with van der Waals surface area (Å²) in [7, 11) is 0. The molecule has 3 heteroatoms. The third-order valence-corrected chi connectivity index (χ3v) is 0.309. The average molecular weight is 110 g/mol. The molecule has 6 heavy (non-hydrogen) atoms.